The summed E-state index contributed by atoms with van der Waals surface area (Å²) in [6.07, 6.45) is 6.20. The molecule has 1 atom stereocenters. The lowest BCUT2D eigenvalue weighted by Crippen LogP contribution is -2.64. The Morgan fingerprint density at radius 3 is 2.48 bits per heavy atom. The number of nitrogens with one attached hydrogen (secondary N) is 1. The summed E-state index contributed by atoms with van der Waals surface area (Å²) in [7, 11) is 0. The van der Waals surface area contributed by atoms with E-state index in [1.54, 1.807) is 0 Å². The van der Waals surface area contributed by atoms with Crippen molar-refractivity contribution in [3.63, 3.8) is 0 Å². The molecule has 2 rings (SSSR count). The molecule has 1 N–H and O–H groups in total. The van der Waals surface area contributed by atoms with Gasteiger partial charge in [-0.1, -0.05) is 51.1 Å². The molecular weight excluding hydrogens is 256 g/mol. The third-order valence-electron chi connectivity index (χ3n) is 5.38. The molecule has 2 nitrogen and oxygen atoms in total. The van der Waals surface area contributed by atoms with Gasteiger partial charge in [-0.05, 0) is 44.2 Å². The van der Waals surface area contributed by atoms with Crippen LogP contribution in [-0.2, 0) is 6.42 Å². The number of nitrogens with zero attached hydrogens (tertiary/aromatic N) is 1. The van der Waals surface area contributed by atoms with Gasteiger partial charge in [-0.2, -0.15) is 0 Å². The third kappa shape index (κ3) is 4.08. The van der Waals surface area contributed by atoms with Crippen molar-refractivity contribution >= 4 is 0 Å². The topological polar surface area (TPSA) is 15.3 Å². The molecule has 1 heterocycles. The van der Waals surface area contributed by atoms with Gasteiger partial charge in [-0.25, -0.2) is 0 Å². The van der Waals surface area contributed by atoms with E-state index in [-0.39, 0.29) is 0 Å². The first-order valence-electron chi connectivity index (χ1n) is 8.76. The van der Waals surface area contributed by atoms with Gasteiger partial charge in [0.1, 0.15) is 0 Å². The fourth-order valence-electron chi connectivity index (χ4n) is 3.64. The van der Waals surface area contributed by atoms with Crippen LogP contribution in [0.5, 0.6) is 0 Å². The summed E-state index contributed by atoms with van der Waals surface area (Å²) in [6, 6.07) is 11.6. The van der Waals surface area contributed by atoms with Crippen LogP contribution in [0.1, 0.15) is 52.0 Å². The van der Waals surface area contributed by atoms with Gasteiger partial charge in [-0.15, -0.1) is 0 Å². The third-order valence-corrected chi connectivity index (χ3v) is 5.38. The standard InChI is InChI=1S/C19H32N2/c1-4-18-15-21(19(5-2,6-3)16-20-18)14-10-13-17-11-8-7-9-12-17/h7-9,11-12,18,20H,4-6,10,13-16H2,1-3H3. The zero-order chi connectivity index (χ0) is 15.1. The highest BCUT2D eigenvalue weighted by molar-refractivity contribution is 5.14. The minimum absolute atomic E-state index is 0.377. The Morgan fingerprint density at radius 2 is 1.86 bits per heavy atom. The summed E-state index contributed by atoms with van der Waals surface area (Å²) in [5, 5.41) is 3.76. The highest BCUT2D eigenvalue weighted by atomic mass is 15.3. The average Bonchev–Trinajstić information content (AvgIpc) is 2.56. The van der Waals surface area contributed by atoms with Crippen LogP contribution in [0.4, 0.5) is 0 Å². The fraction of sp³-hybridized carbons (Fsp3) is 0.684. The molecule has 1 saturated heterocycles. The fourth-order valence-corrected chi connectivity index (χ4v) is 3.64. The molecule has 1 aromatic rings. The van der Waals surface area contributed by atoms with Crippen molar-refractivity contribution in [1.29, 1.82) is 0 Å². The minimum Gasteiger partial charge on any atom is -0.311 e. The molecule has 1 unspecified atom stereocenters. The number of hydrogen-bond acceptors (Lipinski definition) is 2. The summed E-state index contributed by atoms with van der Waals surface area (Å²) in [6.45, 7) is 10.6. The van der Waals surface area contributed by atoms with E-state index in [9.17, 15) is 0 Å². The van der Waals surface area contributed by atoms with E-state index in [4.69, 9.17) is 0 Å². The van der Waals surface area contributed by atoms with Gasteiger partial charge < -0.3 is 5.32 Å². The van der Waals surface area contributed by atoms with Gasteiger partial charge in [0.05, 0.1) is 0 Å². The van der Waals surface area contributed by atoms with E-state index in [1.165, 1.54) is 50.8 Å². The molecule has 21 heavy (non-hydrogen) atoms. The highest BCUT2D eigenvalue weighted by Crippen LogP contribution is 2.27. The molecule has 1 aliphatic rings. The second kappa shape index (κ2) is 7.95. The zero-order valence-electron chi connectivity index (χ0n) is 14.1. The van der Waals surface area contributed by atoms with Gasteiger partial charge in [0, 0.05) is 24.7 Å². The number of piperazine rings is 1. The molecule has 0 spiro atoms. The van der Waals surface area contributed by atoms with E-state index in [0.717, 1.165) is 6.54 Å². The predicted octanol–water partition coefficient (Wildman–Crippen LogP) is 3.86. The van der Waals surface area contributed by atoms with Crippen LogP contribution in [-0.4, -0.2) is 36.1 Å². The first-order chi connectivity index (χ1) is 10.2. The largest absolute Gasteiger partial charge is 0.311 e. The van der Waals surface area contributed by atoms with Crippen LogP contribution in [0.2, 0.25) is 0 Å². The smallest absolute Gasteiger partial charge is 0.0329 e. The maximum Gasteiger partial charge on any atom is 0.0329 e. The van der Waals surface area contributed by atoms with Crippen molar-refractivity contribution in [2.45, 2.75) is 64.5 Å². The molecule has 2 heteroatoms. The lowest BCUT2D eigenvalue weighted by Gasteiger charge is -2.50. The van der Waals surface area contributed by atoms with Crippen LogP contribution in [0, 0.1) is 0 Å². The SMILES string of the molecule is CCC1CN(CCCc2ccccc2)C(CC)(CC)CN1. The Bertz CT molecular complexity index is 397. The molecule has 0 aromatic heterocycles. The predicted molar refractivity (Wildman–Crippen MR) is 91.7 cm³/mol. The molecule has 1 aliphatic heterocycles. The molecule has 0 radical (unpaired) electrons. The maximum atomic E-state index is 3.76. The first kappa shape index (κ1) is 16.5. The molecule has 0 bridgehead atoms. The van der Waals surface area contributed by atoms with E-state index >= 15 is 0 Å². The van der Waals surface area contributed by atoms with Crippen molar-refractivity contribution in [3.05, 3.63) is 35.9 Å². The number of benzene rings is 1. The molecule has 118 valence electrons. The van der Waals surface area contributed by atoms with Crippen LogP contribution in [0.15, 0.2) is 30.3 Å². The van der Waals surface area contributed by atoms with Crippen molar-refractivity contribution in [2.75, 3.05) is 19.6 Å². The Morgan fingerprint density at radius 1 is 1.14 bits per heavy atom. The van der Waals surface area contributed by atoms with Gasteiger partial charge in [0.25, 0.3) is 0 Å². The van der Waals surface area contributed by atoms with E-state index in [1.807, 2.05) is 0 Å². The number of hydrogen-bond donors (Lipinski definition) is 1. The van der Waals surface area contributed by atoms with Crippen LogP contribution >= 0.6 is 0 Å². The van der Waals surface area contributed by atoms with Crippen LogP contribution in [0.25, 0.3) is 0 Å². The van der Waals surface area contributed by atoms with E-state index in [0.29, 0.717) is 11.6 Å². The lowest BCUT2D eigenvalue weighted by atomic mass is 9.86. The van der Waals surface area contributed by atoms with E-state index in [2.05, 4.69) is 61.3 Å². The molecule has 0 saturated carbocycles. The van der Waals surface area contributed by atoms with Crippen LogP contribution in [0.3, 0.4) is 0 Å². The van der Waals surface area contributed by atoms with E-state index < -0.39 is 0 Å². The monoisotopic (exact) mass is 288 g/mol. The Kier molecular flexibility index (Phi) is 6.25. The van der Waals surface area contributed by atoms with Crippen molar-refractivity contribution in [3.8, 4) is 0 Å². The van der Waals surface area contributed by atoms with Gasteiger partial charge in [0.15, 0.2) is 0 Å². The van der Waals surface area contributed by atoms with Crippen molar-refractivity contribution in [2.24, 2.45) is 0 Å². The first-order valence-corrected chi connectivity index (χ1v) is 8.76. The van der Waals surface area contributed by atoms with Gasteiger partial charge in [0.2, 0.25) is 0 Å². The normalized spacial score (nSPS) is 22.3. The van der Waals surface area contributed by atoms with Crippen molar-refractivity contribution in [1.82, 2.24) is 10.2 Å². The molecule has 0 aliphatic carbocycles. The molecule has 0 amide bonds. The quantitative estimate of drug-likeness (QED) is 0.819. The number of aryl methyl sites for hydroxylation is 1. The lowest BCUT2D eigenvalue weighted by molar-refractivity contribution is 0.0300. The highest BCUT2D eigenvalue weighted by Gasteiger charge is 2.37. The van der Waals surface area contributed by atoms with Gasteiger partial charge >= 0.3 is 0 Å². The Hall–Kier alpha value is -0.860. The molecule has 1 aromatic carbocycles. The second-order valence-corrected chi connectivity index (χ2v) is 6.45. The summed E-state index contributed by atoms with van der Waals surface area (Å²) in [4.78, 5) is 2.78. The summed E-state index contributed by atoms with van der Waals surface area (Å²) in [5.74, 6) is 0. The van der Waals surface area contributed by atoms with Crippen molar-refractivity contribution < 1.29 is 0 Å². The molecule has 1 fully saturated rings. The summed E-state index contributed by atoms with van der Waals surface area (Å²) in [5.41, 5.74) is 1.85. The second-order valence-electron chi connectivity index (χ2n) is 6.45. The summed E-state index contributed by atoms with van der Waals surface area (Å²) < 4.78 is 0. The summed E-state index contributed by atoms with van der Waals surface area (Å²) >= 11 is 0. The maximum absolute atomic E-state index is 3.76. The Labute approximate surface area is 130 Å². The zero-order valence-corrected chi connectivity index (χ0v) is 14.1. The minimum atomic E-state index is 0.377. The number of rotatable bonds is 7. The van der Waals surface area contributed by atoms with Crippen LogP contribution < -0.4 is 5.32 Å². The average molecular weight is 288 g/mol. The molecular formula is C19H32N2. The Balaban J connectivity index is 1.93. The van der Waals surface area contributed by atoms with Gasteiger partial charge in [-0.3, -0.25) is 4.90 Å².